The summed E-state index contributed by atoms with van der Waals surface area (Å²) in [6.45, 7) is 37.0. The molecule has 77 heavy (non-hydrogen) atoms. The van der Waals surface area contributed by atoms with Crippen molar-refractivity contribution in [2.75, 3.05) is 14.7 Å². The Kier molecular flexibility index (Phi) is 11.0. The minimum atomic E-state index is -0.0733. The van der Waals surface area contributed by atoms with Crippen LogP contribution in [0.3, 0.4) is 0 Å². The van der Waals surface area contributed by atoms with Crippen LogP contribution in [0, 0.1) is 0 Å². The van der Waals surface area contributed by atoms with Crippen LogP contribution in [-0.2, 0) is 32.5 Å². The average Bonchev–Trinajstić information content (AvgIpc) is 3.70. The number of benzene rings is 7. The summed E-state index contributed by atoms with van der Waals surface area (Å²) >= 11 is 0. The Labute approximate surface area is 463 Å². The van der Waals surface area contributed by atoms with Crippen LogP contribution in [0.4, 0.5) is 45.5 Å². The normalized spacial score (nSPS) is 22.9. The van der Waals surface area contributed by atoms with Crippen LogP contribution in [-0.4, -0.2) is 12.3 Å². The third-order valence-electron chi connectivity index (χ3n) is 21.3. The zero-order chi connectivity index (χ0) is 54.1. The first-order valence-corrected chi connectivity index (χ1v) is 29.7. The Hall–Kier alpha value is -6.00. The van der Waals surface area contributed by atoms with Gasteiger partial charge in [-0.1, -0.05) is 183 Å². The van der Waals surface area contributed by atoms with E-state index in [1.807, 2.05) is 0 Å². The summed E-state index contributed by atoms with van der Waals surface area (Å²) in [6, 6.07) is 54.1. The lowest BCUT2D eigenvalue weighted by molar-refractivity contribution is 0.195. The van der Waals surface area contributed by atoms with E-state index in [0.29, 0.717) is 5.92 Å². The standard InChI is InChI=1S/C73H84BN3/c1-46(2)48-39-64-66-65(40-48)76(60-32-27-49(67(3,4)5)41-52(60)47-23-17-16-18-24-47)62-43-51(77-61-26-20-19-25-54(61)72(14)33-21-22-34-73(72,77)15)29-31-58(62)74(66)59-44-56-57(71(12,13)38-37-70(56,10)11)45-63(59)75(64)50-28-30-53-55(42-50)69(8,9)36-35-68(53,6)7/h16-20,23-32,39-46H,21-22,33-38H2,1-15H3. The van der Waals surface area contributed by atoms with Crippen LogP contribution in [0.1, 0.15) is 200 Å². The molecule has 0 bridgehead atoms. The summed E-state index contributed by atoms with van der Waals surface area (Å²) in [5.74, 6) is 0.293. The summed E-state index contributed by atoms with van der Waals surface area (Å²) in [5.41, 5.74) is 27.5. The molecule has 1 saturated carbocycles. The van der Waals surface area contributed by atoms with Gasteiger partial charge in [0.05, 0.1) is 11.2 Å². The SMILES string of the molecule is CC(C)c1cc2c3c(c1)N(c1ccc(C(C)(C)C)cc1-c1ccccc1)c1cc(N4c5ccccc5C5(C)CCCCC45C)ccc1B3c1cc3c(cc1N2c1ccc2c(c1)C(C)(C)CCC2(C)C)C(C)(C)CCC3(C)C. The average molecular weight is 1010 g/mol. The molecular formula is C73H84BN3. The highest BCUT2D eigenvalue weighted by atomic mass is 15.3. The summed E-state index contributed by atoms with van der Waals surface area (Å²) in [7, 11) is 0. The monoisotopic (exact) mass is 1010 g/mol. The van der Waals surface area contributed by atoms with E-state index in [9.17, 15) is 0 Å². The van der Waals surface area contributed by atoms with Crippen molar-refractivity contribution in [3.05, 3.63) is 172 Å². The van der Waals surface area contributed by atoms with Gasteiger partial charge < -0.3 is 14.7 Å². The molecule has 0 saturated heterocycles. The Morgan fingerprint density at radius 3 is 1.70 bits per heavy atom. The molecule has 2 unspecified atom stereocenters. The third kappa shape index (κ3) is 7.34. The molecule has 6 aliphatic rings. The summed E-state index contributed by atoms with van der Waals surface area (Å²) < 4.78 is 0. The first-order chi connectivity index (χ1) is 36.3. The molecule has 3 nitrogen and oxygen atoms in total. The predicted octanol–water partition coefficient (Wildman–Crippen LogP) is 18.3. The highest BCUT2D eigenvalue weighted by molar-refractivity contribution is 7.00. The topological polar surface area (TPSA) is 9.72 Å². The van der Waals surface area contributed by atoms with Crippen molar-refractivity contribution in [2.45, 2.75) is 199 Å². The summed E-state index contributed by atoms with van der Waals surface area (Å²) in [5, 5.41) is 0. The Balaban J connectivity index is 1.16. The highest BCUT2D eigenvalue weighted by Gasteiger charge is 2.58. The van der Waals surface area contributed by atoms with Gasteiger partial charge in [-0.25, -0.2) is 0 Å². The van der Waals surface area contributed by atoms with Crippen LogP contribution >= 0.6 is 0 Å². The van der Waals surface area contributed by atoms with Gasteiger partial charge in [-0.15, -0.1) is 0 Å². The minimum absolute atomic E-state index is 0.00215. The first kappa shape index (κ1) is 50.5. The number of hydrogen-bond acceptors (Lipinski definition) is 3. The molecule has 0 spiro atoms. The second-order valence-electron chi connectivity index (χ2n) is 29.2. The van der Waals surface area contributed by atoms with Crippen molar-refractivity contribution in [3.63, 3.8) is 0 Å². The van der Waals surface area contributed by atoms with Crippen molar-refractivity contribution in [1.29, 1.82) is 0 Å². The van der Waals surface area contributed by atoms with E-state index in [4.69, 9.17) is 0 Å². The quantitative estimate of drug-likeness (QED) is 0.159. The molecule has 4 heteroatoms. The molecule has 3 aliphatic heterocycles. The molecule has 394 valence electrons. The van der Waals surface area contributed by atoms with Crippen LogP contribution in [0.25, 0.3) is 11.1 Å². The number of nitrogens with zero attached hydrogens (tertiary/aromatic N) is 3. The van der Waals surface area contributed by atoms with Crippen LogP contribution in [0.5, 0.6) is 0 Å². The van der Waals surface area contributed by atoms with Gasteiger partial charge in [-0.3, -0.25) is 0 Å². The van der Waals surface area contributed by atoms with Gasteiger partial charge in [0.25, 0.3) is 6.71 Å². The smallest absolute Gasteiger partial charge is 0.252 e. The molecule has 3 aliphatic carbocycles. The highest BCUT2D eigenvalue weighted by Crippen LogP contribution is 2.62. The number of para-hydroxylation sites is 1. The van der Waals surface area contributed by atoms with Crippen molar-refractivity contribution in [1.82, 2.24) is 0 Å². The van der Waals surface area contributed by atoms with E-state index < -0.39 is 0 Å². The second kappa shape index (κ2) is 16.8. The number of anilines is 8. The lowest BCUT2D eigenvalue weighted by Crippen LogP contribution is -2.62. The van der Waals surface area contributed by atoms with Crippen LogP contribution in [0.15, 0.2) is 133 Å². The Bertz CT molecular complexity index is 3570. The van der Waals surface area contributed by atoms with E-state index in [1.54, 1.807) is 0 Å². The molecule has 0 radical (unpaired) electrons. The van der Waals surface area contributed by atoms with Crippen LogP contribution < -0.4 is 31.1 Å². The fraction of sp³-hybridized carbons (Fsp3) is 0.425. The molecular weight excluding hydrogens is 930 g/mol. The van der Waals surface area contributed by atoms with Gasteiger partial charge >= 0.3 is 0 Å². The van der Waals surface area contributed by atoms with Gasteiger partial charge in [0, 0.05) is 50.8 Å². The molecule has 0 amide bonds. The van der Waals surface area contributed by atoms with E-state index in [2.05, 4.69) is 252 Å². The van der Waals surface area contributed by atoms with E-state index in [-0.39, 0.29) is 44.7 Å². The number of hydrogen-bond donors (Lipinski definition) is 0. The molecule has 1 fully saturated rings. The largest absolute Gasteiger partial charge is 0.334 e. The molecule has 13 rings (SSSR count). The van der Waals surface area contributed by atoms with Gasteiger partial charge in [-0.2, -0.15) is 0 Å². The summed E-state index contributed by atoms with van der Waals surface area (Å²) in [6.07, 6.45) is 9.60. The zero-order valence-electron chi connectivity index (χ0n) is 49.4. The predicted molar refractivity (Wildman–Crippen MR) is 332 cm³/mol. The summed E-state index contributed by atoms with van der Waals surface area (Å²) in [4.78, 5) is 8.28. The van der Waals surface area contributed by atoms with Crippen molar-refractivity contribution < 1.29 is 0 Å². The lowest BCUT2D eigenvalue weighted by atomic mass is 9.33. The molecule has 3 heterocycles. The van der Waals surface area contributed by atoms with E-state index in [0.717, 1.165) is 6.42 Å². The van der Waals surface area contributed by atoms with Crippen molar-refractivity contribution in [3.8, 4) is 11.1 Å². The van der Waals surface area contributed by atoms with E-state index >= 15 is 0 Å². The maximum absolute atomic E-state index is 2.79. The minimum Gasteiger partial charge on any atom is -0.334 e. The molecule has 7 aromatic rings. The van der Waals surface area contributed by atoms with Gasteiger partial charge in [0.2, 0.25) is 0 Å². The van der Waals surface area contributed by atoms with Gasteiger partial charge in [0.1, 0.15) is 0 Å². The Morgan fingerprint density at radius 1 is 0.442 bits per heavy atom. The maximum Gasteiger partial charge on any atom is 0.252 e. The lowest BCUT2D eigenvalue weighted by Gasteiger charge is -2.51. The molecule has 0 aromatic heterocycles. The maximum atomic E-state index is 2.79. The molecule has 7 aromatic carbocycles. The molecule has 2 atom stereocenters. The Morgan fingerprint density at radius 2 is 1.03 bits per heavy atom. The van der Waals surface area contributed by atoms with Crippen molar-refractivity contribution >= 4 is 68.6 Å². The fourth-order valence-corrected chi connectivity index (χ4v) is 15.9. The number of rotatable bonds is 5. The first-order valence-electron chi connectivity index (χ1n) is 29.7. The zero-order valence-corrected chi connectivity index (χ0v) is 49.4. The number of fused-ring (bicyclic) bond motifs is 9. The van der Waals surface area contributed by atoms with Crippen molar-refractivity contribution in [2.24, 2.45) is 0 Å². The van der Waals surface area contributed by atoms with Crippen LogP contribution in [0.2, 0.25) is 0 Å². The molecule has 0 N–H and O–H groups in total. The van der Waals surface area contributed by atoms with Gasteiger partial charge in [0.15, 0.2) is 0 Å². The fourth-order valence-electron chi connectivity index (χ4n) is 15.9. The third-order valence-corrected chi connectivity index (χ3v) is 21.3. The van der Waals surface area contributed by atoms with Gasteiger partial charge in [-0.05, 0) is 200 Å². The van der Waals surface area contributed by atoms with E-state index in [1.165, 1.54) is 157 Å². The second-order valence-corrected chi connectivity index (χ2v) is 29.2.